The van der Waals surface area contributed by atoms with Gasteiger partial charge in [-0.05, 0) is 66.7 Å². The number of aromatic nitrogens is 2. The van der Waals surface area contributed by atoms with Crippen LogP contribution in [0.15, 0.2) is 60.9 Å². The van der Waals surface area contributed by atoms with E-state index in [2.05, 4.69) is 59.4 Å². The zero-order valence-corrected chi connectivity index (χ0v) is 23.8. The van der Waals surface area contributed by atoms with Gasteiger partial charge in [0.2, 0.25) is 0 Å². The summed E-state index contributed by atoms with van der Waals surface area (Å²) in [5.74, 6) is -0.957. The molecule has 0 aliphatic heterocycles. The molecule has 9 nitrogen and oxygen atoms in total. The average Bonchev–Trinajstić information content (AvgIpc) is 2.87. The van der Waals surface area contributed by atoms with Gasteiger partial charge in [0.1, 0.15) is 12.2 Å². The lowest BCUT2D eigenvalue weighted by Gasteiger charge is -2.36. The largest absolute Gasteiger partial charge is 0.415 e. The molecule has 0 unspecified atom stereocenters. The lowest BCUT2D eigenvalue weighted by molar-refractivity contribution is 0.102. The number of benzene rings is 2. The van der Waals surface area contributed by atoms with Crippen molar-refractivity contribution in [3.05, 3.63) is 88.7 Å². The van der Waals surface area contributed by atoms with Gasteiger partial charge in [-0.3, -0.25) is 9.59 Å². The molecule has 2 aromatic carbocycles. The summed E-state index contributed by atoms with van der Waals surface area (Å²) in [4.78, 5) is 37.3. The molecule has 198 valence electrons. The Morgan fingerprint density at radius 1 is 1.00 bits per heavy atom. The Bertz CT molecular complexity index is 1320. The van der Waals surface area contributed by atoms with Crippen molar-refractivity contribution in [2.75, 3.05) is 28.8 Å². The van der Waals surface area contributed by atoms with Crippen molar-refractivity contribution in [3.63, 3.8) is 0 Å². The van der Waals surface area contributed by atoms with Gasteiger partial charge in [0.25, 0.3) is 11.8 Å². The third kappa shape index (κ3) is 7.38. The van der Waals surface area contributed by atoms with Gasteiger partial charge < -0.3 is 15.1 Å². The number of hydrogen-bond donors (Lipinski definition) is 2. The Balaban J connectivity index is 1.64. The molecule has 3 aromatic rings. The van der Waals surface area contributed by atoms with Crippen molar-refractivity contribution in [1.29, 1.82) is 0 Å². The van der Waals surface area contributed by atoms with Crippen LogP contribution in [0.4, 0.5) is 17.2 Å². The number of halogens is 1. The molecule has 2 N–H and O–H groups in total. The first-order valence-corrected chi connectivity index (χ1v) is 15.3. The summed E-state index contributed by atoms with van der Waals surface area (Å²) in [6, 6.07) is 13.2. The highest BCUT2D eigenvalue weighted by Crippen LogP contribution is 2.36. The van der Waals surface area contributed by atoms with Gasteiger partial charge in [-0.25, -0.2) is 9.97 Å². The van der Waals surface area contributed by atoms with Crippen LogP contribution >= 0.6 is 11.6 Å². The number of anilines is 3. The SMILES string of the molecule is [C-]#[N+]N(CCO[Si](C)(C)C(C)(C)C)c1ccc(NC(=O)c2nccnc2NC(=O)c2ccc(Cl)cc2)cc1. The standard InChI is InChI=1S/C27H31ClN6O3Si/c1-27(2,3)38(5,6)37-18-17-34(29-4)22-13-11-21(12-14-22)32-26(36)23-24(31-16-15-30-23)33-25(35)19-7-9-20(28)10-8-19/h7-16H,17-18H2,1-3,5-6H3,(H,32,36)(H,31,33,35). The Labute approximate surface area is 229 Å². The van der Waals surface area contributed by atoms with Gasteiger partial charge in [-0.1, -0.05) is 37.4 Å². The molecule has 0 bridgehead atoms. The maximum Gasteiger partial charge on any atom is 0.278 e. The molecule has 0 saturated carbocycles. The van der Waals surface area contributed by atoms with Crippen LogP contribution in [0.2, 0.25) is 23.2 Å². The van der Waals surface area contributed by atoms with Gasteiger partial charge in [-0.2, -0.15) is 11.5 Å². The second-order valence-electron chi connectivity index (χ2n) is 10.0. The molecule has 0 fully saturated rings. The first-order chi connectivity index (χ1) is 17.9. The third-order valence-corrected chi connectivity index (χ3v) is 11.2. The number of rotatable bonds is 9. The molecule has 0 aliphatic rings. The highest BCUT2D eigenvalue weighted by Gasteiger charge is 2.37. The maximum absolute atomic E-state index is 12.9. The minimum atomic E-state index is -1.90. The monoisotopic (exact) mass is 550 g/mol. The predicted molar refractivity (Wildman–Crippen MR) is 153 cm³/mol. The molecule has 3 rings (SSSR count). The van der Waals surface area contributed by atoms with Crippen LogP contribution in [-0.2, 0) is 4.43 Å². The second-order valence-corrected chi connectivity index (χ2v) is 15.3. The molecule has 0 saturated heterocycles. The molecule has 0 aliphatic carbocycles. The molecular formula is C27H31ClN6O3Si. The zero-order valence-electron chi connectivity index (χ0n) is 22.1. The molecule has 0 atom stereocenters. The average molecular weight is 551 g/mol. The van der Waals surface area contributed by atoms with E-state index in [4.69, 9.17) is 22.6 Å². The number of hydrogen-bond acceptors (Lipinski definition) is 6. The molecule has 0 spiro atoms. The van der Waals surface area contributed by atoms with Crippen molar-refractivity contribution in [2.45, 2.75) is 38.9 Å². The summed E-state index contributed by atoms with van der Waals surface area (Å²) >= 11 is 5.88. The topological polar surface area (TPSA) is 101 Å². The highest BCUT2D eigenvalue weighted by atomic mass is 35.5. The Kier molecular flexibility index (Phi) is 9.22. The number of amides is 2. The quantitative estimate of drug-likeness (QED) is 0.184. The van der Waals surface area contributed by atoms with Gasteiger partial charge in [-0.15, -0.1) is 0 Å². The summed E-state index contributed by atoms with van der Waals surface area (Å²) in [5.41, 5.74) is 1.51. The summed E-state index contributed by atoms with van der Waals surface area (Å²) in [5, 5.41) is 7.51. The van der Waals surface area contributed by atoms with Crippen molar-refractivity contribution in [3.8, 4) is 0 Å². The van der Waals surface area contributed by atoms with E-state index in [1.54, 1.807) is 48.5 Å². The predicted octanol–water partition coefficient (Wildman–Crippen LogP) is 6.30. The first-order valence-electron chi connectivity index (χ1n) is 12.0. The fourth-order valence-corrected chi connectivity index (χ4v) is 4.28. The van der Waals surface area contributed by atoms with E-state index in [9.17, 15) is 9.59 Å². The molecule has 2 amide bonds. The van der Waals surface area contributed by atoms with Crippen LogP contribution in [0.25, 0.3) is 4.95 Å². The van der Waals surface area contributed by atoms with Crippen LogP contribution < -0.4 is 15.6 Å². The minimum Gasteiger partial charge on any atom is -0.415 e. The molecule has 38 heavy (non-hydrogen) atoms. The van der Waals surface area contributed by atoms with Crippen molar-refractivity contribution < 1.29 is 14.0 Å². The van der Waals surface area contributed by atoms with Gasteiger partial charge >= 0.3 is 0 Å². The smallest absolute Gasteiger partial charge is 0.278 e. The van der Waals surface area contributed by atoms with Crippen molar-refractivity contribution in [1.82, 2.24) is 9.97 Å². The van der Waals surface area contributed by atoms with Crippen molar-refractivity contribution >= 4 is 48.9 Å². The first kappa shape index (κ1) is 28.8. The number of carbonyl (C=O) groups excluding carboxylic acids is 2. The lowest BCUT2D eigenvalue weighted by Crippen LogP contribution is -2.42. The van der Waals surface area contributed by atoms with Gasteiger partial charge in [0.05, 0.1) is 6.61 Å². The zero-order chi connectivity index (χ0) is 27.9. The Hall–Kier alpha value is -3.78. The normalized spacial score (nSPS) is 11.4. The fourth-order valence-electron chi connectivity index (χ4n) is 3.12. The number of nitrogens with zero attached hydrogens (tertiary/aromatic N) is 4. The maximum atomic E-state index is 12.9. The summed E-state index contributed by atoms with van der Waals surface area (Å²) in [6.07, 6.45) is 2.76. The van der Waals surface area contributed by atoms with Crippen LogP contribution in [0.3, 0.4) is 0 Å². The summed E-state index contributed by atoms with van der Waals surface area (Å²) < 4.78 is 6.19. The Morgan fingerprint density at radius 2 is 1.63 bits per heavy atom. The minimum absolute atomic E-state index is 0.0301. The summed E-state index contributed by atoms with van der Waals surface area (Å²) in [6.45, 7) is 19.3. The lowest BCUT2D eigenvalue weighted by atomic mass is 10.2. The number of nitrogens with one attached hydrogen (secondary N) is 2. The van der Waals surface area contributed by atoms with Crippen LogP contribution in [0.5, 0.6) is 0 Å². The molecule has 1 aromatic heterocycles. The third-order valence-electron chi connectivity index (χ3n) is 6.37. The van der Waals surface area contributed by atoms with E-state index in [1.807, 2.05) is 0 Å². The second kappa shape index (κ2) is 12.2. The Morgan fingerprint density at radius 3 is 2.24 bits per heavy atom. The van der Waals surface area contributed by atoms with E-state index in [0.29, 0.717) is 35.1 Å². The molecular weight excluding hydrogens is 520 g/mol. The van der Waals surface area contributed by atoms with Crippen LogP contribution in [0, 0.1) is 6.57 Å². The van der Waals surface area contributed by atoms with E-state index < -0.39 is 20.1 Å². The fraction of sp³-hybridized carbons (Fsp3) is 0.296. The van der Waals surface area contributed by atoms with E-state index in [1.165, 1.54) is 17.4 Å². The van der Waals surface area contributed by atoms with E-state index in [0.717, 1.165) is 0 Å². The van der Waals surface area contributed by atoms with E-state index >= 15 is 0 Å². The van der Waals surface area contributed by atoms with Gasteiger partial charge in [0, 0.05) is 28.7 Å². The van der Waals surface area contributed by atoms with Gasteiger partial charge in [0.15, 0.2) is 19.8 Å². The van der Waals surface area contributed by atoms with Crippen LogP contribution in [0.1, 0.15) is 41.6 Å². The highest BCUT2D eigenvalue weighted by molar-refractivity contribution is 6.74. The van der Waals surface area contributed by atoms with Crippen molar-refractivity contribution in [2.24, 2.45) is 0 Å². The van der Waals surface area contributed by atoms with E-state index in [-0.39, 0.29) is 16.6 Å². The molecule has 0 radical (unpaired) electrons. The van der Waals surface area contributed by atoms with Crippen LogP contribution in [-0.4, -0.2) is 43.3 Å². The summed E-state index contributed by atoms with van der Waals surface area (Å²) in [7, 11) is -1.90. The molecule has 11 heteroatoms. The molecule has 1 heterocycles. The number of carbonyl (C=O) groups is 2.